The molecule has 2 fully saturated rings. The van der Waals surface area contributed by atoms with E-state index >= 15 is 0 Å². The first kappa shape index (κ1) is 10.6. The molecule has 0 atom stereocenters. The van der Waals surface area contributed by atoms with E-state index in [1.54, 1.807) is 18.3 Å². The summed E-state index contributed by atoms with van der Waals surface area (Å²) >= 11 is 0. The Morgan fingerprint density at radius 2 is 2.29 bits per heavy atom. The van der Waals surface area contributed by atoms with E-state index in [-0.39, 0.29) is 5.91 Å². The van der Waals surface area contributed by atoms with Gasteiger partial charge < -0.3 is 11.1 Å². The number of nitrogens with two attached hydrogens (primary N) is 1. The second-order valence-corrected chi connectivity index (χ2v) is 5.29. The molecule has 1 aromatic rings. The number of rotatable bonds is 4. The number of anilines is 1. The molecule has 2 aliphatic rings. The third-order valence-corrected chi connectivity index (χ3v) is 3.95. The minimum Gasteiger partial charge on any atom is -0.399 e. The molecule has 90 valence electrons. The van der Waals surface area contributed by atoms with Gasteiger partial charge in [0.25, 0.3) is 5.91 Å². The average Bonchev–Trinajstić information content (AvgIpc) is 3.15. The zero-order chi connectivity index (χ0) is 11.9. The lowest BCUT2D eigenvalue weighted by molar-refractivity contribution is 0.0937. The van der Waals surface area contributed by atoms with Gasteiger partial charge in [0.05, 0.1) is 0 Å². The molecule has 1 heterocycles. The Labute approximate surface area is 101 Å². The van der Waals surface area contributed by atoms with E-state index in [1.165, 1.54) is 25.7 Å². The van der Waals surface area contributed by atoms with Gasteiger partial charge in [0, 0.05) is 18.4 Å². The molecule has 0 saturated heterocycles. The van der Waals surface area contributed by atoms with E-state index in [0.29, 0.717) is 16.8 Å². The third-order valence-electron chi connectivity index (χ3n) is 3.95. The fraction of sp³-hybridized carbons (Fsp3) is 0.538. The summed E-state index contributed by atoms with van der Waals surface area (Å²) in [6.45, 7) is 0.799. The number of hydrogen-bond acceptors (Lipinski definition) is 3. The van der Waals surface area contributed by atoms with Crippen molar-refractivity contribution in [1.29, 1.82) is 0 Å². The lowest BCUT2D eigenvalue weighted by atomic mass is 10.0. The zero-order valence-electron chi connectivity index (χ0n) is 9.78. The van der Waals surface area contributed by atoms with Gasteiger partial charge in [0.2, 0.25) is 0 Å². The summed E-state index contributed by atoms with van der Waals surface area (Å²) in [4.78, 5) is 15.9. The predicted octanol–water partition coefficient (Wildman–Crippen LogP) is 1.58. The van der Waals surface area contributed by atoms with Crippen LogP contribution in [0.15, 0.2) is 18.3 Å². The van der Waals surface area contributed by atoms with Crippen LogP contribution in [0.4, 0.5) is 5.69 Å². The second-order valence-electron chi connectivity index (χ2n) is 5.29. The smallest absolute Gasteiger partial charge is 0.269 e. The molecule has 4 nitrogen and oxygen atoms in total. The van der Waals surface area contributed by atoms with Crippen LogP contribution in [0.2, 0.25) is 0 Å². The van der Waals surface area contributed by atoms with Gasteiger partial charge in [-0.05, 0) is 49.1 Å². The maximum absolute atomic E-state index is 11.9. The summed E-state index contributed by atoms with van der Waals surface area (Å²) in [6.07, 6.45) is 6.78. The third kappa shape index (κ3) is 2.12. The van der Waals surface area contributed by atoms with Crippen molar-refractivity contribution in [3.05, 3.63) is 24.0 Å². The fourth-order valence-electron chi connectivity index (χ4n) is 2.50. The van der Waals surface area contributed by atoms with Crippen molar-refractivity contribution in [2.45, 2.75) is 25.7 Å². The van der Waals surface area contributed by atoms with E-state index in [9.17, 15) is 4.79 Å². The summed E-state index contributed by atoms with van der Waals surface area (Å²) < 4.78 is 0. The molecule has 4 heteroatoms. The highest BCUT2D eigenvalue weighted by atomic mass is 16.1. The number of pyridine rings is 1. The molecular weight excluding hydrogens is 214 g/mol. The quantitative estimate of drug-likeness (QED) is 0.826. The zero-order valence-corrected chi connectivity index (χ0v) is 9.78. The molecule has 0 unspecified atom stereocenters. The lowest BCUT2D eigenvalue weighted by Crippen LogP contribution is -2.31. The van der Waals surface area contributed by atoms with Crippen molar-refractivity contribution in [3.63, 3.8) is 0 Å². The van der Waals surface area contributed by atoms with Crippen molar-refractivity contribution in [3.8, 4) is 0 Å². The summed E-state index contributed by atoms with van der Waals surface area (Å²) in [5.41, 5.74) is 7.05. The molecule has 3 N–H and O–H groups in total. The standard InChI is InChI=1S/C13H17N3O/c14-10-3-6-15-11(7-10)12(17)16-8-13(4-5-13)9-1-2-9/h3,6-7,9H,1-2,4-5,8H2,(H2,14,15)(H,16,17). The Morgan fingerprint density at radius 1 is 1.53 bits per heavy atom. The molecule has 2 saturated carbocycles. The summed E-state index contributed by atoms with van der Waals surface area (Å²) in [6, 6.07) is 3.30. The van der Waals surface area contributed by atoms with Crippen LogP contribution < -0.4 is 11.1 Å². The number of nitrogen functional groups attached to an aromatic ring is 1. The molecular formula is C13H17N3O. The van der Waals surface area contributed by atoms with Crippen LogP contribution >= 0.6 is 0 Å². The molecule has 2 aliphatic carbocycles. The number of amides is 1. The number of hydrogen-bond donors (Lipinski definition) is 2. The molecule has 0 aromatic carbocycles. The number of carbonyl (C=O) groups excluding carboxylic acids is 1. The van der Waals surface area contributed by atoms with Crippen LogP contribution in [-0.4, -0.2) is 17.4 Å². The number of aromatic nitrogens is 1. The normalized spacial score (nSPS) is 20.9. The maximum Gasteiger partial charge on any atom is 0.269 e. The number of nitrogens with one attached hydrogen (secondary N) is 1. The van der Waals surface area contributed by atoms with Crippen molar-refractivity contribution >= 4 is 11.6 Å². The summed E-state index contributed by atoms with van der Waals surface area (Å²) in [5.74, 6) is 0.751. The molecule has 3 rings (SSSR count). The Kier molecular flexibility index (Phi) is 2.31. The highest BCUT2D eigenvalue weighted by Gasteiger charge is 2.53. The van der Waals surface area contributed by atoms with Crippen molar-refractivity contribution in [1.82, 2.24) is 10.3 Å². The first-order chi connectivity index (χ1) is 8.20. The molecule has 1 aromatic heterocycles. The summed E-state index contributed by atoms with van der Waals surface area (Å²) in [5, 5.41) is 2.99. The van der Waals surface area contributed by atoms with Crippen molar-refractivity contribution < 1.29 is 4.79 Å². The lowest BCUT2D eigenvalue weighted by Gasteiger charge is -2.14. The van der Waals surface area contributed by atoms with E-state index in [1.807, 2.05) is 0 Å². The minimum absolute atomic E-state index is 0.107. The maximum atomic E-state index is 11.9. The summed E-state index contributed by atoms with van der Waals surface area (Å²) in [7, 11) is 0. The Hall–Kier alpha value is -1.58. The highest BCUT2D eigenvalue weighted by molar-refractivity contribution is 5.93. The van der Waals surface area contributed by atoms with Crippen molar-refractivity contribution in [2.24, 2.45) is 11.3 Å². The second kappa shape index (κ2) is 3.72. The highest BCUT2D eigenvalue weighted by Crippen LogP contribution is 2.60. The number of nitrogens with zero attached hydrogens (tertiary/aromatic N) is 1. The predicted molar refractivity (Wildman–Crippen MR) is 65.4 cm³/mol. The minimum atomic E-state index is -0.107. The molecule has 0 radical (unpaired) electrons. The monoisotopic (exact) mass is 231 g/mol. The van der Waals surface area contributed by atoms with Crippen LogP contribution in [0.3, 0.4) is 0 Å². The molecule has 17 heavy (non-hydrogen) atoms. The van der Waals surface area contributed by atoms with Gasteiger partial charge in [-0.1, -0.05) is 0 Å². The van der Waals surface area contributed by atoms with Gasteiger partial charge >= 0.3 is 0 Å². The topological polar surface area (TPSA) is 68.0 Å². The van der Waals surface area contributed by atoms with Gasteiger partial charge in [-0.25, -0.2) is 0 Å². The first-order valence-electron chi connectivity index (χ1n) is 6.19. The Balaban J connectivity index is 1.60. The molecule has 1 amide bonds. The Bertz CT molecular complexity index is 450. The number of carbonyl (C=O) groups is 1. The Morgan fingerprint density at radius 3 is 2.88 bits per heavy atom. The SMILES string of the molecule is Nc1ccnc(C(=O)NCC2(C3CC3)CC2)c1. The average molecular weight is 231 g/mol. The van der Waals surface area contributed by atoms with Crippen molar-refractivity contribution in [2.75, 3.05) is 12.3 Å². The van der Waals surface area contributed by atoms with Gasteiger partial charge in [0.1, 0.15) is 5.69 Å². The first-order valence-corrected chi connectivity index (χ1v) is 6.19. The van der Waals surface area contributed by atoms with Gasteiger partial charge in [0.15, 0.2) is 0 Å². The van der Waals surface area contributed by atoms with E-state index in [0.717, 1.165) is 12.5 Å². The largest absolute Gasteiger partial charge is 0.399 e. The van der Waals surface area contributed by atoms with Crippen LogP contribution in [0.25, 0.3) is 0 Å². The van der Waals surface area contributed by atoms with Crippen LogP contribution in [0, 0.1) is 11.3 Å². The van der Waals surface area contributed by atoms with Crippen LogP contribution in [-0.2, 0) is 0 Å². The molecule has 0 aliphatic heterocycles. The van der Waals surface area contributed by atoms with E-state index in [2.05, 4.69) is 10.3 Å². The molecule has 0 spiro atoms. The van der Waals surface area contributed by atoms with Gasteiger partial charge in [-0.3, -0.25) is 9.78 Å². The van der Waals surface area contributed by atoms with Crippen LogP contribution in [0.5, 0.6) is 0 Å². The van der Waals surface area contributed by atoms with E-state index < -0.39 is 0 Å². The van der Waals surface area contributed by atoms with Gasteiger partial charge in [-0.2, -0.15) is 0 Å². The fourth-order valence-corrected chi connectivity index (χ4v) is 2.50. The van der Waals surface area contributed by atoms with E-state index in [4.69, 9.17) is 5.73 Å². The van der Waals surface area contributed by atoms with Crippen LogP contribution in [0.1, 0.15) is 36.2 Å². The van der Waals surface area contributed by atoms with Gasteiger partial charge in [-0.15, -0.1) is 0 Å². The molecule has 0 bridgehead atoms.